The number of rotatable bonds is 3. The minimum Gasteiger partial charge on any atom is -0.375 e. The van der Waals surface area contributed by atoms with E-state index in [9.17, 15) is 4.79 Å². The Bertz CT molecular complexity index is 324. The summed E-state index contributed by atoms with van der Waals surface area (Å²) in [6.45, 7) is 7.57. The summed E-state index contributed by atoms with van der Waals surface area (Å²) >= 11 is 0. The number of ketones is 1. The number of nitrogens with one attached hydrogen (secondary N) is 1. The van der Waals surface area contributed by atoms with Gasteiger partial charge in [-0.05, 0) is 38.8 Å². The van der Waals surface area contributed by atoms with Crippen LogP contribution in [0.2, 0.25) is 0 Å². The molecule has 0 aliphatic heterocycles. The number of hydrogen-bond acceptors (Lipinski definition) is 2. The molecule has 0 aromatic heterocycles. The lowest BCUT2D eigenvalue weighted by atomic mass is 10.1. The van der Waals surface area contributed by atoms with Gasteiger partial charge in [-0.3, -0.25) is 4.79 Å². The number of benzene rings is 1. The molecule has 1 atom stereocenters. The van der Waals surface area contributed by atoms with Crippen LogP contribution in [0.5, 0.6) is 0 Å². The van der Waals surface area contributed by atoms with E-state index in [0.29, 0.717) is 0 Å². The molecular weight excluding hydrogens is 174 g/mol. The zero-order valence-electron chi connectivity index (χ0n) is 9.22. The molecule has 0 amide bonds. The molecule has 1 unspecified atom stereocenters. The number of Topliss-reactive ketones (excluding diaryl/α,β-unsaturated/α-hetero) is 1. The van der Waals surface area contributed by atoms with Gasteiger partial charge >= 0.3 is 0 Å². The zero-order chi connectivity index (χ0) is 10.7. The largest absolute Gasteiger partial charge is 0.375 e. The van der Waals surface area contributed by atoms with E-state index in [2.05, 4.69) is 5.32 Å². The molecule has 0 saturated heterocycles. The highest BCUT2D eigenvalue weighted by molar-refractivity contribution is 5.84. The molecule has 0 radical (unpaired) electrons. The van der Waals surface area contributed by atoms with Crippen molar-refractivity contribution in [2.75, 3.05) is 5.32 Å². The first-order valence-corrected chi connectivity index (χ1v) is 4.85. The van der Waals surface area contributed by atoms with Gasteiger partial charge in [0.2, 0.25) is 0 Å². The standard InChI is InChI=1S/C12H17NO/c1-8-6-5-7-9(2)12(8)13-10(3)11(4)14/h5-7,10,13H,1-4H3. The van der Waals surface area contributed by atoms with Crippen molar-refractivity contribution < 1.29 is 4.79 Å². The second-order valence-corrected chi connectivity index (χ2v) is 3.74. The lowest BCUT2D eigenvalue weighted by molar-refractivity contribution is -0.117. The van der Waals surface area contributed by atoms with Crippen LogP contribution in [0.1, 0.15) is 25.0 Å². The van der Waals surface area contributed by atoms with E-state index in [1.807, 2.05) is 39.0 Å². The van der Waals surface area contributed by atoms with E-state index in [0.717, 1.165) is 5.69 Å². The molecule has 0 aliphatic carbocycles. The fraction of sp³-hybridized carbons (Fsp3) is 0.417. The van der Waals surface area contributed by atoms with E-state index in [1.54, 1.807) is 6.92 Å². The van der Waals surface area contributed by atoms with Crippen LogP contribution in [-0.4, -0.2) is 11.8 Å². The normalized spacial score (nSPS) is 12.3. The van der Waals surface area contributed by atoms with Gasteiger partial charge in [-0.1, -0.05) is 18.2 Å². The highest BCUT2D eigenvalue weighted by Crippen LogP contribution is 2.20. The fourth-order valence-electron chi connectivity index (χ4n) is 1.36. The fourth-order valence-corrected chi connectivity index (χ4v) is 1.36. The number of para-hydroxylation sites is 1. The summed E-state index contributed by atoms with van der Waals surface area (Å²) in [6.07, 6.45) is 0. The van der Waals surface area contributed by atoms with Crippen LogP contribution in [0.25, 0.3) is 0 Å². The predicted molar refractivity (Wildman–Crippen MR) is 59.7 cm³/mol. The van der Waals surface area contributed by atoms with Gasteiger partial charge in [0.1, 0.15) is 0 Å². The van der Waals surface area contributed by atoms with Crippen molar-refractivity contribution in [1.29, 1.82) is 0 Å². The van der Waals surface area contributed by atoms with Gasteiger partial charge in [-0.15, -0.1) is 0 Å². The molecule has 14 heavy (non-hydrogen) atoms. The Morgan fingerprint density at radius 3 is 2.21 bits per heavy atom. The molecular formula is C12H17NO. The minimum atomic E-state index is -0.116. The van der Waals surface area contributed by atoms with E-state index in [4.69, 9.17) is 0 Å². The van der Waals surface area contributed by atoms with Crippen LogP contribution in [0.4, 0.5) is 5.69 Å². The molecule has 1 aromatic carbocycles. The van der Waals surface area contributed by atoms with Gasteiger partial charge in [-0.2, -0.15) is 0 Å². The number of anilines is 1. The van der Waals surface area contributed by atoms with Crippen LogP contribution in [-0.2, 0) is 4.79 Å². The second kappa shape index (κ2) is 4.27. The Hall–Kier alpha value is -1.31. The van der Waals surface area contributed by atoms with E-state index in [1.165, 1.54) is 11.1 Å². The van der Waals surface area contributed by atoms with Gasteiger partial charge in [0, 0.05) is 5.69 Å². The molecule has 1 aromatic rings. The first-order chi connectivity index (χ1) is 6.52. The highest BCUT2D eigenvalue weighted by Gasteiger charge is 2.09. The van der Waals surface area contributed by atoms with E-state index < -0.39 is 0 Å². The quantitative estimate of drug-likeness (QED) is 0.795. The molecule has 0 spiro atoms. The van der Waals surface area contributed by atoms with Crippen molar-refractivity contribution in [3.8, 4) is 0 Å². The predicted octanol–water partition coefficient (Wildman–Crippen LogP) is 2.69. The Balaban J connectivity index is 2.91. The Kier molecular flexibility index (Phi) is 3.28. The van der Waals surface area contributed by atoms with Gasteiger partial charge in [0.25, 0.3) is 0 Å². The van der Waals surface area contributed by atoms with Crippen molar-refractivity contribution in [1.82, 2.24) is 0 Å². The first-order valence-electron chi connectivity index (χ1n) is 4.85. The van der Waals surface area contributed by atoms with Crippen LogP contribution >= 0.6 is 0 Å². The average molecular weight is 191 g/mol. The number of aryl methyl sites for hydroxylation is 2. The Morgan fingerprint density at radius 1 is 1.29 bits per heavy atom. The molecule has 0 saturated carbocycles. The Labute approximate surface area is 85.3 Å². The zero-order valence-corrected chi connectivity index (χ0v) is 9.22. The monoisotopic (exact) mass is 191 g/mol. The van der Waals surface area contributed by atoms with Crippen molar-refractivity contribution in [3.63, 3.8) is 0 Å². The summed E-state index contributed by atoms with van der Waals surface area (Å²) in [5.74, 6) is 0.160. The molecule has 0 bridgehead atoms. The van der Waals surface area contributed by atoms with Gasteiger partial charge in [-0.25, -0.2) is 0 Å². The van der Waals surface area contributed by atoms with E-state index in [-0.39, 0.29) is 11.8 Å². The second-order valence-electron chi connectivity index (χ2n) is 3.74. The maximum atomic E-state index is 11.1. The lowest BCUT2D eigenvalue weighted by Crippen LogP contribution is -2.24. The van der Waals surface area contributed by atoms with E-state index >= 15 is 0 Å². The van der Waals surface area contributed by atoms with Crippen molar-refractivity contribution in [2.45, 2.75) is 33.7 Å². The summed E-state index contributed by atoms with van der Waals surface area (Å²) in [5.41, 5.74) is 3.44. The molecule has 0 fully saturated rings. The SMILES string of the molecule is CC(=O)C(C)Nc1c(C)cccc1C. The molecule has 0 heterocycles. The molecule has 2 nitrogen and oxygen atoms in total. The average Bonchev–Trinajstić information content (AvgIpc) is 2.11. The number of hydrogen-bond donors (Lipinski definition) is 1. The Morgan fingerprint density at radius 2 is 1.79 bits per heavy atom. The maximum absolute atomic E-state index is 11.1. The number of carbonyl (C=O) groups excluding carboxylic acids is 1. The molecule has 1 rings (SSSR count). The molecule has 76 valence electrons. The topological polar surface area (TPSA) is 29.1 Å². The minimum absolute atomic E-state index is 0.116. The summed E-state index contributed by atoms with van der Waals surface area (Å²) in [5, 5.41) is 3.23. The summed E-state index contributed by atoms with van der Waals surface area (Å²) in [7, 11) is 0. The van der Waals surface area contributed by atoms with Gasteiger partial charge in [0.05, 0.1) is 6.04 Å². The van der Waals surface area contributed by atoms with Crippen molar-refractivity contribution in [2.24, 2.45) is 0 Å². The van der Waals surface area contributed by atoms with Crippen LogP contribution < -0.4 is 5.32 Å². The maximum Gasteiger partial charge on any atom is 0.151 e. The first kappa shape index (κ1) is 10.8. The lowest BCUT2D eigenvalue weighted by Gasteiger charge is -2.16. The van der Waals surface area contributed by atoms with Crippen LogP contribution in [0.15, 0.2) is 18.2 Å². The van der Waals surface area contributed by atoms with Crippen molar-refractivity contribution in [3.05, 3.63) is 29.3 Å². The summed E-state index contributed by atoms with van der Waals surface area (Å²) in [4.78, 5) is 11.1. The molecule has 0 aliphatic rings. The smallest absolute Gasteiger partial charge is 0.151 e. The van der Waals surface area contributed by atoms with Crippen LogP contribution in [0, 0.1) is 13.8 Å². The third-order valence-corrected chi connectivity index (χ3v) is 2.45. The van der Waals surface area contributed by atoms with Gasteiger partial charge < -0.3 is 5.32 Å². The number of carbonyl (C=O) groups is 1. The summed E-state index contributed by atoms with van der Waals surface area (Å²) < 4.78 is 0. The van der Waals surface area contributed by atoms with Crippen molar-refractivity contribution >= 4 is 11.5 Å². The third kappa shape index (κ3) is 2.34. The van der Waals surface area contributed by atoms with Crippen LogP contribution in [0.3, 0.4) is 0 Å². The molecule has 1 N–H and O–H groups in total. The molecule has 2 heteroatoms. The summed E-state index contributed by atoms with van der Waals surface area (Å²) in [6, 6.07) is 5.99. The third-order valence-electron chi connectivity index (χ3n) is 2.45. The van der Waals surface area contributed by atoms with Gasteiger partial charge in [0.15, 0.2) is 5.78 Å². The highest BCUT2D eigenvalue weighted by atomic mass is 16.1.